The number of hydrogen-bond donors (Lipinski definition) is 0. The largest absolute Gasteiger partial charge is 0.483 e. The molecule has 0 bridgehead atoms. The Morgan fingerprint density at radius 2 is 1.94 bits per heavy atom. The topological polar surface area (TPSA) is 31.2 Å². The Morgan fingerprint density at radius 3 is 2.67 bits per heavy atom. The standard InChI is InChI=1S/C15H15NO2/c1-2-10-16-11-6-9-14(15(16)17)18-12-13-7-4-3-5-8-13/h2-9,11H,1,10,12H2. The van der Waals surface area contributed by atoms with Gasteiger partial charge in [-0.05, 0) is 17.7 Å². The van der Waals surface area contributed by atoms with Crippen molar-refractivity contribution in [3.63, 3.8) is 0 Å². The molecule has 0 saturated heterocycles. The summed E-state index contributed by atoms with van der Waals surface area (Å²) in [6.45, 7) is 4.50. The van der Waals surface area contributed by atoms with Gasteiger partial charge in [-0.25, -0.2) is 0 Å². The molecular weight excluding hydrogens is 226 g/mol. The molecule has 0 unspecified atom stereocenters. The second-order valence-corrected chi connectivity index (χ2v) is 3.89. The molecule has 0 atom stereocenters. The van der Waals surface area contributed by atoms with Gasteiger partial charge in [-0.3, -0.25) is 4.79 Å². The maximum Gasteiger partial charge on any atom is 0.293 e. The average molecular weight is 241 g/mol. The van der Waals surface area contributed by atoms with Crippen molar-refractivity contribution < 1.29 is 4.74 Å². The van der Waals surface area contributed by atoms with E-state index in [1.54, 1.807) is 29.0 Å². The number of allylic oxidation sites excluding steroid dienone is 1. The van der Waals surface area contributed by atoms with Crippen molar-refractivity contribution >= 4 is 0 Å². The lowest BCUT2D eigenvalue weighted by atomic mass is 10.2. The van der Waals surface area contributed by atoms with Crippen LogP contribution >= 0.6 is 0 Å². The predicted molar refractivity (Wildman–Crippen MR) is 71.7 cm³/mol. The average Bonchev–Trinajstić information content (AvgIpc) is 2.41. The lowest BCUT2D eigenvalue weighted by Gasteiger charge is -2.08. The van der Waals surface area contributed by atoms with Crippen LogP contribution in [0.15, 0.2) is 66.1 Å². The fourth-order valence-electron chi connectivity index (χ4n) is 1.64. The monoisotopic (exact) mass is 241 g/mol. The van der Waals surface area contributed by atoms with Crippen LogP contribution in [0.3, 0.4) is 0 Å². The zero-order valence-electron chi connectivity index (χ0n) is 10.1. The van der Waals surface area contributed by atoms with E-state index >= 15 is 0 Å². The van der Waals surface area contributed by atoms with E-state index in [9.17, 15) is 4.79 Å². The number of ether oxygens (including phenoxy) is 1. The summed E-state index contributed by atoms with van der Waals surface area (Å²) in [5.74, 6) is 0.364. The molecule has 2 aromatic rings. The van der Waals surface area contributed by atoms with Gasteiger partial charge in [0, 0.05) is 12.7 Å². The van der Waals surface area contributed by atoms with Crippen LogP contribution in [-0.2, 0) is 13.2 Å². The molecule has 0 saturated carbocycles. The van der Waals surface area contributed by atoms with Gasteiger partial charge in [0.1, 0.15) is 6.61 Å². The summed E-state index contributed by atoms with van der Waals surface area (Å²) >= 11 is 0. The minimum absolute atomic E-state index is 0.131. The molecule has 1 aromatic heterocycles. The third-order valence-electron chi connectivity index (χ3n) is 2.55. The van der Waals surface area contributed by atoms with E-state index in [1.807, 2.05) is 30.3 Å². The first-order valence-corrected chi connectivity index (χ1v) is 5.78. The number of hydrogen-bond acceptors (Lipinski definition) is 2. The van der Waals surface area contributed by atoms with Crippen molar-refractivity contribution in [3.05, 3.63) is 77.2 Å². The van der Waals surface area contributed by atoms with Crippen molar-refractivity contribution in [1.82, 2.24) is 4.57 Å². The second-order valence-electron chi connectivity index (χ2n) is 3.89. The molecule has 0 radical (unpaired) electrons. The molecule has 0 spiro atoms. The maximum atomic E-state index is 12.0. The van der Waals surface area contributed by atoms with E-state index in [-0.39, 0.29) is 5.56 Å². The second kappa shape index (κ2) is 5.87. The zero-order valence-corrected chi connectivity index (χ0v) is 10.1. The Bertz CT molecular complexity index is 573. The van der Waals surface area contributed by atoms with Gasteiger partial charge in [0.25, 0.3) is 5.56 Å². The van der Waals surface area contributed by atoms with Gasteiger partial charge in [0.05, 0.1) is 0 Å². The molecule has 3 heteroatoms. The highest BCUT2D eigenvalue weighted by Crippen LogP contribution is 2.06. The van der Waals surface area contributed by atoms with Gasteiger partial charge in [0.2, 0.25) is 0 Å². The highest BCUT2D eigenvalue weighted by Gasteiger charge is 2.03. The fraction of sp³-hybridized carbons (Fsp3) is 0.133. The minimum atomic E-state index is -0.131. The Kier molecular flexibility index (Phi) is 3.97. The number of pyridine rings is 1. The summed E-state index contributed by atoms with van der Waals surface area (Å²) in [5, 5.41) is 0. The van der Waals surface area contributed by atoms with Crippen LogP contribution in [0.4, 0.5) is 0 Å². The maximum absolute atomic E-state index is 12.0. The van der Waals surface area contributed by atoms with Gasteiger partial charge in [-0.1, -0.05) is 36.4 Å². The summed E-state index contributed by atoms with van der Waals surface area (Å²) in [4.78, 5) is 12.0. The van der Waals surface area contributed by atoms with Crippen molar-refractivity contribution in [3.8, 4) is 5.75 Å². The number of aromatic nitrogens is 1. The molecule has 1 aromatic carbocycles. The first-order valence-electron chi connectivity index (χ1n) is 5.78. The van der Waals surface area contributed by atoms with Crippen LogP contribution in [-0.4, -0.2) is 4.57 Å². The van der Waals surface area contributed by atoms with E-state index in [1.165, 1.54) is 0 Å². The van der Waals surface area contributed by atoms with Crippen molar-refractivity contribution in [2.45, 2.75) is 13.2 Å². The smallest absolute Gasteiger partial charge is 0.293 e. The van der Waals surface area contributed by atoms with Crippen molar-refractivity contribution in [2.24, 2.45) is 0 Å². The zero-order chi connectivity index (χ0) is 12.8. The molecule has 0 amide bonds. The van der Waals surface area contributed by atoms with Crippen LogP contribution < -0.4 is 10.3 Å². The third-order valence-corrected chi connectivity index (χ3v) is 2.55. The molecular formula is C15H15NO2. The number of benzene rings is 1. The third kappa shape index (κ3) is 2.88. The van der Waals surface area contributed by atoms with E-state index < -0.39 is 0 Å². The van der Waals surface area contributed by atoms with E-state index in [0.29, 0.717) is 18.9 Å². The first kappa shape index (κ1) is 12.2. The summed E-state index contributed by atoms with van der Waals surface area (Å²) in [6, 6.07) is 13.2. The quantitative estimate of drug-likeness (QED) is 0.753. The van der Waals surface area contributed by atoms with Crippen LogP contribution in [0, 0.1) is 0 Å². The molecule has 92 valence electrons. The van der Waals surface area contributed by atoms with Crippen molar-refractivity contribution in [1.29, 1.82) is 0 Å². The lowest BCUT2D eigenvalue weighted by Crippen LogP contribution is -2.20. The molecule has 0 N–H and O–H groups in total. The Balaban J connectivity index is 2.12. The molecule has 0 aliphatic heterocycles. The van der Waals surface area contributed by atoms with Crippen LogP contribution in [0.5, 0.6) is 5.75 Å². The molecule has 0 fully saturated rings. The normalized spacial score (nSPS) is 10.0. The van der Waals surface area contributed by atoms with E-state index in [2.05, 4.69) is 6.58 Å². The molecule has 2 rings (SSSR count). The van der Waals surface area contributed by atoms with Crippen LogP contribution in [0.1, 0.15) is 5.56 Å². The summed E-state index contributed by atoms with van der Waals surface area (Å²) < 4.78 is 7.11. The molecule has 0 aliphatic rings. The number of rotatable bonds is 5. The molecule has 3 nitrogen and oxygen atoms in total. The van der Waals surface area contributed by atoms with Gasteiger partial charge < -0.3 is 9.30 Å². The predicted octanol–water partition coefficient (Wildman–Crippen LogP) is 2.61. The van der Waals surface area contributed by atoms with Crippen LogP contribution in [0.25, 0.3) is 0 Å². The van der Waals surface area contributed by atoms with Crippen LogP contribution in [0.2, 0.25) is 0 Å². The van der Waals surface area contributed by atoms with Gasteiger partial charge in [-0.2, -0.15) is 0 Å². The van der Waals surface area contributed by atoms with Gasteiger partial charge in [0.15, 0.2) is 5.75 Å². The highest BCUT2D eigenvalue weighted by atomic mass is 16.5. The molecule has 1 heterocycles. The lowest BCUT2D eigenvalue weighted by molar-refractivity contribution is 0.299. The highest BCUT2D eigenvalue weighted by molar-refractivity contribution is 5.19. The Morgan fingerprint density at radius 1 is 1.17 bits per heavy atom. The molecule has 0 aliphatic carbocycles. The first-order chi connectivity index (χ1) is 8.81. The fourth-order valence-corrected chi connectivity index (χ4v) is 1.64. The van der Waals surface area contributed by atoms with E-state index in [0.717, 1.165) is 5.56 Å². The van der Waals surface area contributed by atoms with Crippen molar-refractivity contribution in [2.75, 3.05) is 0 Å². The van der Waals surface area contributed by atoms with E-state index in [4.69, 9.17) is 4.74 Å². The SMILES string of the molecule is C=CCn1cccc(OCc2ccccc2)c1=O. The minimum Gasteiger partial charge on any atom is -0.483 e. The Hall–Kier alpha value is -2.29. The number of nitrogens with zero attached hydrogens (tertiary/aromatic N) is 1. The summed E-state index contributed by atoms with van der Waals surface area (Å²) in [7, 11) is 0. The molecule has 18 heavy (non-hydrogen) atoms. The Labute approximate surface area is 106 Å². The van der Waals surface area contributed by atoms with Gasteiger partial charge in [-0.15, -0.1) is 6.58 Å². The van der Waals surface area contributed by atoms with Gasteiger partial charge >= 0.3 is 0 Å². The summed E-state index contributed by atoms with van der Waals surface area (Å²) in [5.41, 5.74) is 0.907. The summed E-state index contributed by atoms with van der Waals surface area (Å²) in [6.07, 6.45) is 3.40.